The highest BCUT2D eigenvalue weighted by atomic mass is 32.1. The van der Waals surface area contributed by atoms with Crippen LogP contribution in [0.1, 0.15) is 32.6 Å². The molecule has 1 N–H and O–H groups in total. The molecule has 1 aliphatic carbocycles. The van der Waals surface area contributed by atoms with E-state index in [0.717, 1.165) is 11.6 Å². The van der Waals surface area contributed by atoms with E-state index < -0.39 is 0 Å². The van der Waals surface area contributed by atoms with Gasteiger partial charge in [-0.2, -0.15) is 0 Å². The SMILES string of the molecule is CC1CCCCC1N(C)c1n[nH]c(=S)n1-c1ccccc1. The van der Waals surface area contributed by atoms with E-state index in [1.807, 2.05) is 22.8 Å². The van der Waals surface area contributed by atoms with E-state index in [1.165, 1.54) is 25.7 Å². The van der Waals surface area contributed by atoms with Crippen LogP contribution in [0, 0.1) is 10.7 Å². The van der Waals surface area contributed by atoms with Gasteiger partial charge in [0.05, 0.1) is 5.69 Å². The fourth-order valence-corrected chi connectivity index (χ4v) is 3.59. The maximum atomic E-state index is 5.42. The summed E-state index contributed by atoms with van der Waals surface area (Å²) in [5, 5.41) is 7.42. The molecule has 1 aromatic heterocycles. The number of hydrogen-bond acceptors (Lipinski definition) is 3. The Bertz CT molecular complexity index is 646. The summed E-state index contributed by atoms with van der Waals surface area (Å²) in [5.74, 6) is 1.60. The van der Waals surface area contributed by atoms with Gasteiger partial charge in [-0.05, 0) is 43.1 Å². The summed E-state index contributed by atoms with van der Waals surface area (Å²) in [5.41, 5.74) is 1.06. The second kappa shape index (κ2) is 6.02. The molecule has 112 valence electrons. The average Bonchev–Trinajstić information content (AvgIpc) is 2.90. The molecule has 3 rings (SSSR count). The van der Waals surface area contributed by atoms with E-state index in [1.54, 1.807) is 0 Å². The molecule has 2 atom stereocenters. The van der Waals surface area contributed by atoms with Crippen LogP contribution in [0.4, 0.5) is 5.95 Å². The van der Waals surface area contributed by atoms with E-state index in [0.29, 0.717) is 16.7 Å². The predicted octanol–water partition coefficient (Wildman–Crippen LogP) is 3.94. The van der Waals surface area contributed by atoms with Crippen LogP contribution in [0.15, 0.2) is 30.3 Å². The Balaban J connectivity index is 1.98. The molecule has 0 bridgehead atoms. The molecule has 1 heterocycles. The van der Waals surface area contributed by atoms with Gasteiger partial charge in [-0.1, -0.05) is 38.0 Å². The Hall–Kier alpha value is -1.62. The van der Waals surface area contributed by atoms with Gasteiger partial charge < -0.3 is 4.90 Å². The Labute approximate surface area is 130 Å². The number of anilines is 1. The topological polar surface area (TPSA) is 36.9 Å². The van der Waals surface area contributed by atoms with Gasteiger partial charge in [0.25, 0.3) is 0 Å². The third-order valence-corrected chi connectivity index (χ3v) is 4.82. The van der Waals surface area contributed by atoms with Gasteiger partial charge in [-0.15, -0.1) is 5.10 Å². The standard InChI is InChI=1S/C16H22N4S/c1-12-8-6-7-11-14(12)19(2)15-17-18-16(21)20(15)13-9-4-3-5-10-13/h3-5,9-10,12,14H,6-8,11H2,1-2H3,(H,18,21). The van der Waals surface area contributed by atoms with Crippen LogP contribution >= 0.6 is 12.2 Å². The zero-order valence-corrected chi connectivity index (χ0v) is 13.4. The summed E-state index contributed by atoms with van der Waals surface area (Å²) in [6, 6.07) is 10.7. The van der Waals surface area contributed by atoms with Gasteiger partial charge in [0.15, 0.2) is 0 Å². The fraction of sp³-hybridized carbons (Fsp3) is 0.500. The van der Waals surface area contributed by atoms with Gasteiger partial charge in [-0.25, -0.2) is 5.10 Å². The van der Waals surface area contributed by atoms with Crippen LogP contribution in [0.25, 0.3) is 5.69 Å². The molecular formula is C16H22N4S. The van der Waals surface area contributed by atoms with E-state index in [9.17, 15) is 0 Å². The normalized spacial score (nSPS) is 22.2. The Morgan fingerprint density at radius 1 is 1.24 bits per heavy atom. The van der Waals surface area contributed by atoms with Crippen LogP contribution in [-0.4, -0.2) is 27.9 Å². The number of H-pyrrole nitrogens is 1. The number of para-hydroxylation sites is 1. The summed E-state index contributed by atoms with van der Waals surface area (Å²) in [7, 11) is 2.14. The van der Waals surface area contributed by atoms with Crippen LogP contribution in [0.3, 0.4) is 0 Å². The van der Waals surface area contributed by atoms with Crippen molar-refractivity contribution in [1.29, 1.82) is 0 Å². The molecule has 0 saturated heterocycles. The number of nitrogens with zero attached hydrogens (tertiary/aromatic N) is 3. The van der Waals surface area contributed by atoms with Crippen LogP contribution in [-0.2, 0) is 0 Å². The van der Waals surface area contributed by atoms with Gasteiger partial charge in [0, 0.05) is 13.1 Å². The molecular weight excluding hydrogens is 280 g/mol. The lowest BCUT2D eigenvalue weighted by Gasteiger charge is -2.36. The first kappa shape index (κ1) is 14.3. The van der Waals surface area contributed by atoms with Crippen molar-refractivity contribution in [3.63, 3.8) is 0 Å². The summed E-state index contributed by atoms with van der Waals surface area (Å²) in [6.45, 7) is 2.34. The molecule has 4 nitrogen and oxygen atoms in total. The molecule has 0 aliphatic heterocycles. The molecule has 2 aromatic rings. The quantitative estimate of drug-likeness (QED) is 0.872. The Kier molecular flexibility index (Phi) is 4.10. The lowest BCUT2D eigenvalue weighted by Crippen LogP contribution is -2.40. The first-order valence-corrected chi connectivity index (χ1v) is 8.05. The third kappa shape index (κ3) is 2.75. The first-order chi connectivity index (χ1) is 10.2. The predicted molar refractivity (Wildman–Crippen MR) is 88.6 cm³/mol. The third-order valence-electron chi connectivity index (χ3n) is 4.55. The van der Waals surface area contributed by atoms with E-state index in [-0.39, 0.29) is 0 Å². The van der Waals surface area contributed by atoms with Crippen LogP contribution in [0.2, 0.25) is 0 Å². The van der Waals surface area contributed by atoms with E-state index >= 15 is 0 Å². The summed E-state index contributed by atoms with van der Waals surface area (Å²) < 4.78 is 2.67. The molecule has 1 aliphatic rings. The number of nitrogens with one attached hydrogen (secondary N) is 1. The van der Waals surface area contributed by atoms with Gasteiger partial charge in [-0.3, -0.25) is 4.57 Å². The first-order valence-electron chi connectivity index (χ1n) is 7.64. The van der Waals surface area contributed by atoms with Crippen molar-refractivity contribution in [2.45, 2.75) is 38.6 Å². The highest BCUT2D eigenvalue weighted by Gasteiger charge is 2.27. The lowest BCUT2D eigenvalue weighted by atomic mass is 9.85. The number of hydrogen-bond donors (Lipinski definition) is 1. The summed E-state index contributed by atoms with van der Waals surface area (Å²) in [4.78, 5) is 2.29. The second-order valence-corrected chi connectivity index (χ2v) is 6.33. The number of rotatable bonds is 3. The van der Waals surface area contributed by atoms with Crippen molar-refractivity contribution in [3.05, 3.63) is 35.1 Å². The van der Waals surface area contributed by atoms with E-state index in [4.69, 9.17) is 12.2 Å². The molecule has 1 aromatic carbocycles. The lowest BCUT2D eigenvalue weighted by molar-refractivity contribution is 0.319. The maximum absolute atomic E-state index is 5.42. The highest BCUT2D eigenvalue weighted by Crippen LogP contribution is 2.30. The zero-order chi connectivity index (χ0) is 14.8. The number of aromatic nitrogens is 3. The molecule has 0 radical (unpaired) electrons. The number of aromatic amines is 1. The second-order valence-electron chi connectivity index (χ2n) is 5.94. The van der Waals surface area contributed by atoms with Crippen molar-refractivity contribution >= 4 is 18.2 Å². The smallest absolute Gasteiger partial charge is 0.230 e. The van der Waals surface area contributed by atoms with Crippen molar-refractivity contribution in [3.8, 4) is 5.69 Å². The largest absolute Gasteiger partial charge is 0.340 e. The average molecular weight is 302 g/mol. The Morgan fingerprint density at radius 3 is 2.67 bits per heavy atom. The van der Waals surface area contributed by atoms with Crippen molar-refractivity contribution in [1.82, 2.24) is 14.8 Å². The van der Waals surface area contributed by atoms with Gasteiger partial charge in [0.2, 0.25) is 10.7 Å². The molecule has 1 saturated carbocycles. The van der Waals surface area contributed by atoms with Crippen LogP contribution in [0.5, 0.6) is 0 Å². The summed E-state index contributed by atoms with van der Waals surface area (Å²) in [6.07, 6.45) is 5.17. The molecule has 0 spiro atoms. The minimum Gasteiger partial charge on any atom is -0.340 e. The number of benzene rings is 1. The molecule has 1 fully saturated rings. The minimum absolute atomic E-state index is 0.534. The van der Waals surface area contributed by atoms with Crippen molar-refractivity contribution in [2.24, 2.45) is 5.92 Å². The fourth-order valence-electron chi connectivity index (χ4n) is 3.36. The zero-order valence-electron chi connectivity index (χ0n) is 12.6. The summed E-state index contributed by atoms with van der Waals surface area (Å²) >= 11 is 5.42. The Morgan fingerprint density at radius 2 is 1.95 bits per heavy atom. The maximum Gasteiger partial charge on any atom is 0.230 e. The van der Waals surface area contributed by atoms with Gasteiger partial charge in [0.1, 0.15) is 0 Å². The molecule has 5 heteroatoms. The highest BCUT2D eigenvalue weighted by molar-refractivity contribution is 7.71. The van der Waals surface area contributed by atoms with E-state index in [2.05, 4.69) is 41.2 Å². The van der Waals surface area contributed by atoms with Crippen molar-refractivity contribution < 1.29 is 0 Å². The molecule has 21 heavy (non-hydrogen) atoms. The monoisotopic (exact) mass is 302 g/mol. The van der Waals surface area contributed by atoms with Crippen molar-refractivity contribution in [2.75, 3.05) is 11.9 Å². The van der Waals surface area contributed by atoms with Crippen LogP contribution < -0.4 is 4.90 Å². The van der Waals surface area contributed by atoms with Gasteiger partial charge >= 0.3 is 0 Å². The minimum atomic E-state index is 0.534. The molecule has 0 amide bonds. The molecule has 2 unspecified atom stereocenters.